The summed E-state index contributed by atoms with van der Waals surface area (Å²) in [7, 11) is 0. The van der Waals surface area contributed by atoms with Gasteiger partial charge in [0.2, 0.25) is 18.1 Å². The highest BCUT2D eigenvalue weighted by Gasteiger charge is 2.44. The van der Waals surface area contributed by atoms with Gasteiger partial charge in [-0.25, -0.2) is 0 Å². The molecule has 2 fully saturated rings. The number of carbonyl (C=O) groups is 4. The molecule has 0 aliphatic carbocycles. The van der Waals surface area contributed by atoms with E-state index in [1.165, 1.54) is 4.90 Å². The first kappa shape index (κ1) is 25.8. The molecule has 1 aromatic heterocycles. The Bertz CT molecular complexity index is 1260. The number of amides is 3. The van der Waals surface area contributed by atoms with Crippen molar-refractivity contribution in [3.8, 4) is 0 Å². The van der Waals surface area contributed by atoms with Crippen molar-refractivity contribution in [3.05, 3.63) is 54.4 Å². The van der Waals surface area contributed by atoms with Crippen LogP contribution in [0.15, 0.2) is 48.7 Å². The number of hydrogen-bond donors (Lipinski definition) is 2. The van der Waals surface area contributed by atoms with Gasteiger partial charge in [0.25, 0.3) is 5.91 Å². The van der Waals surface area contributed by atoms with E-state index in [4.69, 9.17) is 14.2 Å². The van der Waals surface area contributed by atoms with Crippen molar-refractivity contribution < 1.29 is 33.4 Å². The zero-order valence-electron chi connectivity index (χ0n) is 21.0. The Hall–Kier alpha value is -3.83. The molecule has 3 aliphatic rings. The third-order valence-corrected chi connectivity index (χ3v) is 6.93. The highest BCUT2D eigenvalue weighted by molar-refractivity contribution is 6.06. The number of aromatic nitrogens is 1. The van der Waals surface area contributed by atoms with Gasteiger partial charge in [0, 0.05) is 18.2 Å². The molecule has 0 bridgehead atoms. The fourth-order valence-electron chi connectivity index (χ4n) is 5.11. The second-order valence-electron chi connectivity index (χ2n) is 9.43. The molecule has 4 heterocycles. The number of ether oxygens (including phenoxy) is 3. The molecule has 11 heteroatoms. The van der Waals surface area contributed by atoms with Gasteiger partial charge in [-0.3, -0.25) is 24.2 Å². The SMILES string of the molecule is CCOC1OC(=O)C[C@@H]1NC(=O)[C@@H]1COC[C@@H]2CC=CC[C@H](NC(=O)c3nccc4ccccc34)C(=O)N21. The standard InChI is InChI=1S/C27H30N4O7/c1-2-37-27-20(13-22(32)38-27)30-24(33)21-15-36-14-17-8-4-6-10-19(26(35)31(17)21)29-25(34)23-18-9-5-3-7-16(18)11-12-28-23/h3-7,9,11-12,17,19-21,27H,2,8,10,13-15H2,1H3,(H,29,34)(H,30,33)/t17-,19-,20-,21-,27?/m0/s1. The number of morpholine rings is 1. The molecule has 3 amide bonds. The van der Waals surface area contributed by atoms with Crippen LogP contribution in [0.1, 0.15) is 36.7 Å². The van der Waals surface area contributed by atoms with Gasteiger partial charge < -0.3 is 29.7 Å². The Morgan fingerprint density at radius 2 is 1.92 bits per heavy atom. The summed E-state index contributed by atoms with van der Waals surface area (Å²) < 4.78 is 16.3. The fraction of sp³-hybridized carbons (Fsp3) is 0.444. The van der Waals surface area contributed by atoms with Gasteiger partial charge in [0.15, 0.2) is 0 Å². The number of esters is 1. The largest absolute Gasteiger partial charge is 0.433 e. The van der Waals surface area contributed by atoms with Crippen LogP contribution >= 0.6 is 0 Å². The maximum Gasteiger partial charge on any atom is 0.310 e. The highest BCUT2D eigenvalue weighted by Crippen LogP contribution is 2.24. The lowest BCUT2D eigenvalue weighted by atomic mass is 9.99. The topological polar surface area (TPSA) is 136 Å². The summed E-state index contributed by atoms with van der Waals surface area (Å²) in [5.41, 5.74) is 0.225. The summed E-state index contributed by atoms with van der Waals surface area (Å²) >= 11 is 0. The summed E-state index contributed by atoms with van der Waals surface area (Å²) in [4.78, 5) is 58.1. The minimum absolute atomic E-state index is 0.00976. The molecule has 0 radical (unpaired) electrons. The lowest BCUT2D eigenvalue weighted by Crippen LogP contribution is -2.65. The lowest BCUT2D eigenvalue weighted by molar-refractivity contribution is -0.166. The molecule has 2 saturated heterocycles. The number of nitrogens with one attached hydrogen (secondary N) is 2. The van der Waals surface area contributed by atoms with Crippen molar-refractivity contribution in [2.45, 2.75) is 56.6 Å². The quantitative estimate of drug-likeness (QED) is 0.425. The second-order valence-corrected chi connectivity index (χ2v) is 9.43. The molecule has 1 unspecified atom stereocenters. The normalized spacial score (nSPS) is 27.3. The number of fused-ring (bicyclic) bond motifs is 2. The van der Waals surface area contributed by atoms with Crippen molar-refractivity contribution in [2.75, 3.05) is 19.8 Å². The predicted molar refractivity (Wildman–Crippen MR) is 135 cm³/mol. The molecule has 0 saturated carbocycles. The Labute approximate surface area is 219 Å². The number of carbonyl (C=O) groups excluding carboxylic acids is 4. The van der Waals surface area contributed by atoms with Crippen LogP contribution in [0.25, 0.3) is 10.8 Å². The number of rotatable bonds is 6. The van der Waals surface area contributed by atoms with Crippen molar-refractivity contribution in [2.24, 2.45) is 0 Å². The second kappa shape index (κ2) is 11.3. The number of hydrogen-bond acceptors (Lipinski definition) is 8. The predicted octanol–water partition coefficient (Wildman–Crippen LogP) is 1.07. The molecule has 0 spiro atoms. The van der Waals surface area contributed by atoms with Gasteiger partial charge >= 0.3 is 5.97 Å². The minimum Gasteiger partial charge on any atom is -0.433 e. The first-order chi connectivity index (χ1) is 18.5. The maximum atomic E-state index is 13.9. The van der Waals surface area contributed by atoms with Crippen molar-refractivity contribution in [1.82, 2.24) is 20.5 Å². The summed E-state index contributed by atoms with van der Waals surface area (Å²) in [6.07, 6.45) is 5.21. The summed E-state index contributed by atoms with van der Waals surface area (Å²) in [5.74, 6) is -1.79. The average Bonchev–Trinajstić information content (AvgIpc) is 3.26. The van der Waals surface area contributed by atoms with Crippen LogP contribution in [0.4, 0.5) is 0 Å². The van der Waals surface area contributed by atoms with Crippen LogP contribution < -0.4 is 10.6 Å². The van der Waals surface area contributed by atoms with Gasteiger partial charge in [-0.1, -0.05) is 36.4 Å². The molecule has 5 rings (SSSR count). The molecular weight excluding hydrogens is 492 g/mol. The number of benzene rings is 1. The zero-order chi connectivity index (χ0) is 26.6. The summed E-state index contributed by atoms with van der Waals surface area (Å²) in [6, 6.07) is 6.31. The summed E-state index contributed by atoms with van der Waals surface area (Å²) in [5, 5.41) is 7.19. The number of pyridine rings is 1. The van der Waals surface area contributed by atoms with E-state index in [1.54, 1.807) is 13.1 Å². The van der Waals surface area contributed by atoms with Gasteiger partial charge in [0.1, 0.15) is 23.8 Å². The van der Waals surface area contributed by atoms with Crippen LogP contribution in [0, 0.1) is 0 Å². The Balaban J connectivity index is 1.36. The Kier molecular flexibility index (Phi) is 7.66. The molecule has 11 nitrogen and oxygen atoms in total. The van der Waals surface area contributed by atoms with Crippen LogP contribution in [-0.4, -0.2) is 83.9 Å². The van der Waals surface area contributed by atoms with Gasteiger partial charge in [-0.2, -0.15) is 0 Å². The number of cyclic esters (lactones) is 1. The first-order valence-electron chi connectivity index (χ1n) is 12.8. The van der Waals surface area contributed by atoms with Crippen molar-refractivity contribution in [3.63, 3.8) is 0 Å². The van der Waals surface area contributed by atoms with Crippen molar-refractivity contribution >= 4 is 34.5 Å². The van der Waals surface area contributed by atoms with E-state index in [0.717, 1.165) is 5.39 Å². The van der Waals surface area contributed by atoms with Gasteiger partial charge in [-0.15, -0.1) is 0 Å². The van der Waals surface area contributed by atoms with E-state index in [9.17, 15) is 19.2 Å². The molecule has 2 aromatic rings. The zero-order valence-corrected chi connectivity index (χ0v) is 21.0. The molecule has 1 aromatic carbocycles. The van der Waals surface area contributed by atoms with E-state index < -0.39 is 42.2 Å². The third-order valence-electron chi connectivity index (χ3n) is 6.93. The van der Waals surface area contributed by atoms with Gasteiger partial charge in [-0.05, 0) is 31.2 Å². The van der Waals surface area contributed by atoms with E-state index in [0.29, 0.717) is 18.4 Å². The van der Waals surface area contributed by atoms with E-state index >= 15 is 0 Å². The van der Waals surface area contributed by atoms with E-state index in [2.05, 4.69) is 15.6 Å². The van der Waals surface area contributed by atoms with E-state index in [1.807, 2.05) is 42.5 Å². The van der Waals surface area contributed by atoms with Crippen molar-refractivity contribution in [1.29, 1.82) is 0 Å². The van der Waals surface area contributed by atoms with Gasteiger partial charge in [0.05, 0.1) is 25.7 Å². The van der Waals surface area contributed by atoms with Crippen LogP contribution in [0.2, 0.25) is 0 Å². The smallest absolute Gasteiger partial charge is 0.310 e. The highest BCUT2D eigenvalue weighted by atomic mass is 16.7. The first-order valence-corrected chi connectivity index (χ1v) is 12.8. The van der Waals surface area contributed by atoms with Crippen LogP contribution in [-0.2, 0) is 28.6 Å². The fourth-order valence-corrected chi connectivity index (χ4v) is 5.11. The molecule has 38 heavy (non-hydrogen) atoms. The molecule has 5 atom stereocenters. The average molecular weight is 523 g/mol. The molecule has 2 N–H and O–H groups in total. The molecular formula is C27H30N4O7. The third kappa shape index (κ3) is 5.25. The number of nitrogens with zero attached hydrogens (tertiary/aromatic N) is 2. The summed E-state index contributed by atoms with van der Waals surface area (Å²) in [6.45, 7) is 2.32. The maximum absolute atomic E-state index is 13.9. The Morgan fingerprint density at radius 3 is 2.76 bits per heavy atom. The Morgan fingerprint density at radius 1 is 1.11 bits per heavy atom. The molecule has 3 aliphatic heterocycles. The lowest BCUT2D eigenvalue weighted by Gasteiger charge is -2.43. The van der Waals surface area contributed by atoms with Crippen LogP contribution in [0.3, 0.4) is 0 Å². The van der Waals surface area contributed by atoms with Crippen LogP contribution in [0.5, 0.6) is 0 Å². The van der Waals surface area contributed by atoms with E-state index in [-0.39, 0.29) is 43.7 Å². The molecule has 200 valence electrons. The minimum atomic E-state index is -0.944. The monoisotopic (exact) mass is 522 g/mol.